The maximum atomic E-state index is 14.8. The average Bonchev–Trinajstić information content (AvgIpc) is 2.81. The number of morpholine rings is 1. The van der Waals surface area contributed by atoms with E-state index in [0.717, 1.165) is 47.4 Å². The van der Waals surface area contributed by atoms with Gasteiger partial charge in [-0.1, -0.05) is 17.7 Å². The number of hydrogen-bond acceptors (Lipinski definition) is 7. The number of likely N-dealkylation sites (N-methyl/N-ethyl adjacent to an activating group) is 1. The summed E-state index contributed by atoms with van der Waals surface area (Å²) in [5.74, 6) is 0.586. The van der Waals surface area contributed by atoms with Crippen LogP contribution in [0.25, 0.3) is 0 Å². The Kier molecular flexibility index (Phi) is 7.28. The van der Waals surface area contributed by atoms with Crippen LogP contribution in [0.1, 0.15) is 13.8 Å². The highest BCUT2D eigenvalue weighted by atomic mass is 35.5. The van der Waals surface area contributed by atoms with E-state index in [4.69, 9.17) is 16.3 Å². The summed E-state index contributed by atoms with van der Waals surface area (Å²) in [6.45, 7) is 6.98. The first-order valence-corrected chi connectivity index (χ1v) is 13.1. The Bertz CT molecular complexity index is 1150. The molecular formula is C27H33ClFN5OS. The molecule has 9 heteroatoms. The third kappa shape index (κ3) is 5.56. The van der Waals surface area contributed by atoms with Crippen molar-refractivity contribution < 1.29 is 9.13 Å². The molecule has 36 heavy (non-hydrogen) atoms. The molecule has 4 aliphatic heterocycles. The number of halogens is 2. The van der Waals surface area contributed by atoms with Gasteiger partial charge in [0.25, 0.3) is 0 Å². The van der Waals surface area contributed by atoms with Gasteiger partial charge in [-0.15, -0.1) is 12.6 Å². The van der Waals surface area contributed by atoms with Crippen LogP contribution in [0.5, 0.6) is 0 Å². The summed E-state index contributed by atoms with van der Waals surface area (Å²) >= 11 is 10.6. The molecule has 3 N–H and O–H groups in total. The van der Waals surface area contributed by atoms with Crippen LogP contribution in [0, 0.1) is 0 Å². The molecule has 0 bridgehead atoms. The summed E-state index contributed by atoms with van der Waals surface area (Å²) in [5.41, 5.74) is 4.32. The molecule has 0 amide bonds. The number of anilines is 1. The molecule has 1 saturated heterocycles. The second kappa shape index (κ2) is 10.4. The van der Waals surface area contributed by atoms with Crippen LogP contribution in [0.2, 0.25) is 5.02 Å². The molecule has 0 aliphatic carbocycles. The Morgan fingerprint density at radius 2 is 1.94 bits per heavy atom. The second-order valence-electron chi connectivity index (χ2n) is 9.85. The first-order valence-electron chi connectivity index (χ1n) is 12.3. The minimum Gasteiger partial charge on any atom is -0.383 e. The fraction of sp³-hybridized carbons (Fsp3) is 0.407. The number of dihydropyridines is 1. The third-order valence-corrected chi connectivity index (χ3v) is 7.38. The lowest BCUT2D eigenvalue weighted by Gasteiger charge is -2.43. The highest BCUT2D eigenvalue weighted by molar-refractivity contribution is 7.80. The van der Waals surface area contributed by atoms with Crippen LogP contribution in [0.4, 0.5) is 10.1 Å². The zero-order valence-electron chi connectivity index (χ0n) is 20.8. The van der Waals surface area contributed by atoms with E-state index in [1.54, 1.807) is 12.2 Å². The number of thiol groups is 1. The zero-order valence-corrected chi connectivity index (χ0v) is 22.4. The van der Waals surface area contributed by atoms with E-state index >= 15 is 0 Å². The SMILES string of the molecule is CC1CN(C2=CC(F)=CC(C3=CC=C4CNC(CNc5cc(S)cc(Cl)c5)=CC4N3C)N2)CC(C)O1. The highest BCUT2D eigenvalue weighted by Crippen LogP contribution is 2.30. The van der Waals surface area contributed by atoms with Crippen molar-refractivity contribution in [1.29, 1.82) is 0 Å². The van der Waals surface area contributed by atoms with Crippen LogP contribution in [-0.4, -0.2) is 67.3 Å². The Balaban J connectivity index is 1.29. The molecule has 192 valence electrons. The van der Waals surface area contributed by atoms with E-state index < -0.39 is 0 Å². The van der Waals surface area contributed by atoms with Crippen LogP contribution < -0.4 is 16.0 Å². The predicted molar refractivity (Wildman–Crippen MR) is 147 cm³/mol. The van der Waals surface area contributed by atoms with Crippen molar-refractivity contribution in [2.45, 2.75) is 43.0 Å². The smallest absolute Gasteiger partial charge is 0.125 e. The summed E-state index contributed by atoms with van der Waals surface area (Å²) in [6.07, 6.45) is 9.92. The number of hydrogen-bond donors (Lipinski definition) is 4. The number of nitrogens with zero attached hydrogens (tertiary/aromatic N) is 2. The largest absolute Gasteiger partial charge is 0.383 e. The zero-order chi connectivity index (χ0) is 25.4. The van der Waals surface area contributed by atoms with Crippen molar-refractivity contribution in [2.24, 2.45) is 0 Å². The number of nitrogens with one attached hydrogen (secondary N) is 3. The van der Waals surface area contributed by atoms with Crippen molar-refractivity contribution in [2.75, 3.05) is 38.5 Å². The molecule has 0 aromatic heterocycles. The fourth-order valence-electron chi connectivity index (χ4n) is 5.28. The number of rotatable bonds is 5. The van der Waals surface area contributed by atoms with E-state index in [9.17, 15) is 4.39 Å². The Labute approximate surface area is 223 Å². The first kappa shape index (κ1) is 25.1. The fourth-order valence-corrected chi connectivity index (χ4v) is 5.87. The molecule has 4 unspecified atom stereocenters. The summed E-state index contributed by atoms with van der Waals surface area (Å²) in [4.78, 5) is 5.23. The maximum absolute atomic E-state index is 14.8. The van der Waals surface area contributed by atoms with E-state index in [-0.39, 0.29) is 30.1 Å². The number of benzene rings is 1. The van der Waals surface area contributed by atoms with Gasteiger partial charge in [-0.2, -0.15) is 0 Å². The van der Waals surface area contributed by atoms with Crippen molar-refractivity contribution in [1.82, 2.24) is 20.4 Å². The van der Waals surface area contributed by atoms with Crippen LogP contribution in [-0.2, 0) is 4.74 Å². The van der Waals surface area contributed by atoms with Crippen molar-refractivity contribution in [3.63, 3.8) is 0 Å². The summed E-state index contributed by atoms with van der Waals surface area (Å²) in [6, 6.07) is 5.49. The normalized spacial score (nSPS) is 28.0. The molecule has 0 saturated carbocycles. The number of ether oxygens (including phenoxy) is 1. The highest BCUT2D eigenvalue weighted by Gasteiger charge is 2.32. The van der Waals surface area contributed by atoms with Gasteiger partial charge in [-0.05, 0) is 55.8 Å². The minimum atomic E-state index is -0.258. The van der Waals surface area contributed by atoms with Crippen LogP contribution in [0.3, 0.4) is 0 Å². The lowest BCUT2D eigenvalue weighted by Crippen LogP contribution is -2.51. The lowest BCUT2D eigenvalue weighted by atomic mass is 9.94. The average molecular weight is 530 g/mol. The Morgan fingerprint density at radius 1 is 1.17 bits per heavy atom. The minimum absolute atomic E-state index is 0.0962. The standard InChI is InChI=1S/C27H33ClFN5OS/c1-16-14-34(15-17(2)35-16)27-9-20(29)8-24(32-27)25-5-4-18-12-30-22(11-26(18)33(25)3)13-31-21-6-19(28)7-23(36)10-21/h4-11,16-17,24,26,30-32,36H,12-15H2,1-3H3. The Morgan fingerprint density at radius 3 is 2.69 bits per heavy atom. The molecule has 1 aromatic rings. The topological polar surface area (TPSA) is 51.8 Å². The molecule has 0 radical (unpaired) electrons. The molecule has 1 fully saturated rings. The van der Waals surface area contributed by atoms with Gasteiger partial charge < -0.3 is 30.5 Å². The molecule has 4 heterocycles. The molecule has 6 nitrogen and oxygen atoms in total. The molecule has 1 aromatic carbocycles. The van der Waals surface area contributed by atoms with E-state index in [2.05, 4.69) is 77.5 Å². The second-order valence-corrected chi connectivity index (χ2v) is 10.8. The van der Waals surface area contributed by atoms with E-state index in [1.165, 1.54) is 5.57 Å². The molecule has 5 rings (SSSR count). The van der Waals surface area contributed by atoms with Crippen molar-refractivity contribution in [3.05, 3.63) is 82.2 Å². The van der Waals surface area contributed by atoms with Gasteiger partial charge in [0.2, 0.25) is 0 Å². The third-order valence-electron chi connectivity index (χ3n) is 6.90. The van der Waals surface area contributed by atoms with Gasteiger partial charge in [0.1, 0.15) is 11.6 Å². The molecule has 4 aliphatic rings. The summed E-state index contributed by atoms with van der Waals surface area (Å²) in [7, 11) is 2.07. The number of fused-ring (bicyclic) bond motifs is 1. The van der Waals surface area contributed by atoms with Crippen molar-refractivity contribution in [3.8, 4) is 0 Å². The molecule has 4 atom stereocenters. The summed E-state index contributed by atoms with van der Waals surface area (Å²) < 4.78 is 20.7. The van der Waals surface area contributed by atoms with Crippen LogP contribution in [0.15, 0.2) is 82.1 Å². The quantitative estimate of drug-likeness (QED) is 0.424. The Hall–Kier alpha value is -2.55. The molecular weight excluding hydrogens is 497 g/mol. The number of allylic oxidation sites excluding steroid dienone is 4. The van der Waals surface area contributed by atoms with Crippen molar-refractivity contribution >= 4 is 29.9 Å². The maximum Gasteiger partial charge on any atom is 0.125 e. The summed E-state index contributed by atoms with van der Waals surface area (Å²) in [5, 5.41) is 11.1. The van der Waals surface area contributed by atoms with Gasteiger partial charge in [0.05, 0.1) is 30.8 Å². The van der Waals surface area contributed by atoms with E-state index in [0.29, 0.717) is 11.6 Å². The van der Waals surface area contributed by atoms with Gasteiger partial charge in [-0.25, -0.2) is 4.39 Å². The lowest BCUT2D eigenvalue weighted by molar-refractivity contribution is -0.0599. The van der Waals surface area contributed by atoms with Crippen LogP contribution >= 0.6 is 24.2 Å². The van der Waals surface area contributed by atoms with E-state index in [1.807, 2.05) is 18.2 Å². The predicted octanol–water partition coefficient (Wildman–Crippen LogP) is 4.43. The van der Waals surface area contributed by atoms with Gasteiger partial charge >= 0.3 is 0 Å². The van der Waals surface area contributed by atoms with Gasteiger partial charge in [-0.3, -0.25) is 0 Å². The van der Waals surface area contributed by atoms with Gasteiger partial charge in [0, 0.05) is 59.8 Å². The monoisotopic (exact) mass is 529 g/mol. The van der Waals surface area contributed by atoms with Gasteiger partial charge in [0.15, 0.2) is 0 Å². The first-order chi connectivity index (χ1) is 17.2. The molecule has 0 spiro atoms.